The normalized spacial score (nSPS) is 16.3. The Labute approximate surface area is 137 Å². The van der Waals surface area contributed by atoms with Gasteiger partial charge in [0.15, 0.2) is 0 Å². The molecule has 1 N–H and O–H groups in total. The minimum absolute atomic E-state index is 0. The molecule has 0 unspecified atom stereocenters. The van der Waals surface area contributed by atoms with Crippen molar-refractivity contribution in [1.29, 1.82) is 0 Å². The largest absolute Gasteiger partial charge is 0.460 e. The molecular weight excluding hydrogens is 298 g/mol. The van der Waals surface area contributed by atoms with E-state index in [1.54, 1.807) is 0 Å². The van der Waals surface area contributed by atoms with E-state index in [1.165, 1.54) is 16.7 Å². The number of benzene rings is 2. The van der Waals surface area contributed by atoms with Crippen molar-refractivity contribution in [1.82, 2.24) is 5.32 Å². The topological polar surface area (TPSA) is 38.3 Å². The summed E-state index contributed by atoms with van der Waals surface area (Å²) < 4.78 is 5.41. The van der Waals surface area contributed by atoms with Crippen LogP contribution >= 0.6 is 12.4 Å². The maximum absolute atomic E-state index is 12.2. The predicted molar refractivity (Wildman–Crippen MR) is 89.0 cm³/mol. The summed E-state index contributed by atoms with van der Waals surface area (Å²) >= 11 is 0. The number of aryl methyl sites for hydroxylation is 1. The summed E-state index contributed by atoms with van der Waals surface area (Å²) in [5, 5.41) is 3.26. The SMILES string of the molecule is Cc1ccc2c(c1)C[C@H](C(=O)OCc1ccccc1)NC2.Cl. The van der Waals surface area contributed by atoms with Crippen LogP contribution in [0.15, 0.2) is 48.5 Å². The van der Waals surface area contributed by atoms with Crippen molar-refractivity contribution >= 4 is 18.4 Å². The number of nitrogens with one attached hydrogen (secondary N) is 1. The van der Waals surface area contributed by atoms with Crippen LogP contribution in [0.5, 0.6) is 0 Å². The molecule has 3 nitrogen and oxygen atoms in total. The van der Waals surface area contributed by atoms with E-state index in [1.807, 2.05) is 30.3 Å². The molecule has 0 bridgehead atoms. The Morgan fingerprint density at radius 3 is 2.73 bits per heavy atom. The zero-order valence-corrected chi connectivity index (χ0v) is 13.4. The van der Waals surface area contributed by atoms with E-state index >= 15 is 0 Å². The van der Waals surface area contributed by atoms with Gasteiger partial charge in [-0.3, -0.25) is 4.79 Å². The van der Waals surface area contributed by atoms with Gasteiger partial charge in [0.05, 0.1) is 0 Å². The number of hydrogen-bond donors (Lipinski definition) is 1. The maximum atomic E-state index is 12.2. The summed E-state index contributed by atoms with van der Waals surface area (Å²) in [6.45, 7) is 3.13. The molecule has 0 saturated heterocycles. The number of esters is 1. The Bertz CT molecular complexity index is 643. The summed E-state index contributed by atoms with van der Waals surface area (Å²) in [7, 11) is 0. The van der Waals surface area contributed by atoms with Crippen molar-refractivity contribution in [2.24, 2.45) is 0 Å². The van der Waals surface area contributed by atoms with Gasteiger partial charge in [0.1, 0.15) is 12.6 Å². The van der Waals surface area contributed by atoms with Crippen LogP contribution in [0.2, 0.25) is 0 Å². The molecule has 0 spiro atoms. The molecule has 0 amide bonds. The highest BCUT2D eigenvalue weighted by Gasteiger charge is 2.25. The number of fused-ring (bicyclic) bond motifs is 1. The lowest BCUT2D eigenvalue weighted by molar-refractivity contribution is -0.147. The smallest absolute Gasteiger partial charge is 0.323 e. The summed E-state index contributed by atoms with van der Waals surface area (Å²) in [6.07, 6.45) is 0.699. The Morgan fingerprint density at radius 1 is 1.18 bits per heavy atom. The molecule has 1 aliphatic heterocycles. The van der Waals surface area contributed by atoms with Gasteiger partial charge < -0.3 is 10.1 Å². The molecule has 1 aliphatic rings. The van der Waals surface area contributed by atoms with E-state index in [9.17, 15) is 4.79 Å². The van der Waals surface area contributed by atoms with Gasteiger partial charge in [-0.15, -0.1) is 12.4 Å². The monoisotopic (exact) mass is 317 g/mol. The summed E-state index contributed by atoms with van der Waals surface area (Å²) in [5.41, 5.74) is 4.76. The van der Waals surface area contributed by atoms with Crippen molar-refractivity contribution in [2.75, 3.05) is 0 Å². The van der Waals surface area contributed by atoms with E-state index < -0.39 is 0 Å². The second kappa shape index (κ2) is 7.43. The Morgan fingerprint density at radius 2 is 1.95 bits per heavy atom. The molecule has 0 radical (unpaired) electrons. The molecule has 3 rings (SSSR count). The van der Waals surface area contributed by atoms with E-state index in [0.29, 0.717) is 13.0 Å². The number of halogens is 1. The van der Waals surface area contributed by atoms with Crippen LogP contribution in [0.25, 0.3) is 0 Å². The Balaban J connectivity index is 0.00000176. The first-order valence-electron chi connectivity index (χ1n) is 7.25. The standard InChI is InChI=1S/C18H19NO2.ClH/c1-13-7-8-15-11-19-17(10-16(15)9-13)18(20)21-12-14-5-3-2-4-6-14;/h2-9,17,19H,10-12H2,1H3;1H/t17-;/m1./s1. The van der Waals surface area contributed by atoms with Gasteiger partial charge in [0.2, 0.25) is 0 Å². The number of rotatable bonds is 3. The quantitative estimate of drug-likeness (QED) is 0.884. The lowest BCUT2D eigenvalue weighted by atomic mass is 9.94. The second-order valence-electron chi connectivity index (χ2n) is 5.50. The van der Waals surface area contributed by atoms with Crippen molar-refractivity contribution < 1.29 is 9.53 Å². The number of carbonyl (C=O) groups excluding carboxylic acids is 1. The van der Waals surface area contributed by atoms with Gasteiger partial charge in [-0.2, -0.15) is 0 Å². The van der Waals surface area contributed by atoms with E-state index in [0.717, 1.165) is 12.1 Å². The number of ether oxygens (including phenoxy) is 1. The molecule has 1 heterocycles. The molecule has 4 heteroatoms. The minimum Gasteiger partial charge on any atom is -0.460 e. The summed E-state index contributed by atoms with van der Waals surface area (Å²) in [5.74, 6) is -0.175. The molecule has 0 saturated carbocycles. The number of hydrogen-bond acceptors (Lipinski definition) is 3. The first kappa shape index (κ1) is 16.5. The van der Waals surface area contributed by atoms with Crippen LogP contribution in [0.3, 0.4) is 0 Å². The summed E-state index contributed by atoms with van der Waals surface area (Å²) in [6, 6.07) is 15.9. The van der Waals surface area contributed by atoms with E-state index in [2.05, 4.69) is 30.4 Å². The molecular formula is C18H20ClNO2. The lowest BCUT2D eigenvalue weighted by Gasteiger charge is -2.25. The van der Waals surface area contributed by atoms with Crippen molar-refractivity contribution in [3.63, 3.8) is 0 Å². The van der Waals surface area contributed by atoms with E-state index in [4.69, 9.17) is 4.74 Å². The highest BCUT2D eigenvalue weighted by atomic mass is 35.5. The highest BCUT2D eigenvalue weighted by molar-refractivity contribution is 5.85. The fourth-order valence-corrected chi connectivity index (χ4v) is 2.64. The van der Waals surface area contributed by atoms with Gasteiger partial charge >= 0.3 is 5.97 Å². The van der Waals surface area contributed by atoms with Gasteiger partial charge in [0, 0.05) is 6.54 Å². The van der Waals surface area contributed by atoms with Crippen molar-refractivity contribution in [2.45, 2.75) is 32.5 Å². The predicted octanol–water partition coefficient (Wildman–Crippen LogP) is 3.17. The Kier molecular flexibility index (Phi) is 5.58. The van der Waals surface area contributed by atoms with Crippen LogP contribution in [0.1, 0.15) is 22.3 Å². The lowest BCUT2D eigenvalue weighted by Crippen LogP contribution is -2.42. The van der Waals surface area contributed by atoms with Crippen LogP contribution in [0, 0.1) is 6.92 Å². The zero-order chi connectivity index (χ0) is 14.7. The molecule has 0 fully saturated rings. The van der Waals surface area contributed by atoms with Crippen LogP contribution in [-0.4, -0.2) is 12.0 Å². The molecule has 22 heavy (non-hydrogen) atoms. The average Bonchev–Trinajstić information content (AvgIpc) is 2.53. The molecule has 0 aromatic heterocycles. The van der Waals surface area contributed by atoms with Gasteiger partial charge in [0.25, 0.3) is 0 Å². The zero-order valence-electron chi connectivity index (χ0n) is 12.5. The molecule has 1 atom stereocenters. The van der Waals surface area contributed by atoms with Gasteiger partial charge in [-0.1, -0.05) is 54.1 Å². The molecule has 0 aliphatic carbocycles. The average molecular weight is 318 g/mol. The molecule has 2 aromatic carbocycles. The summed E-state index contributed by atoms with van der Waals surface area (Å²) in [4.78, 5) is 12.2. The van der Waals surface area contributed by atoms with Crippen LogP contribution < -0.4 is 5.32 Å². The first-order valence-corrected chi connectivity index (χ1v) is 7.25. The van der Waals surface area contributed by atoms with Gasteiger partial charge in [-0.05, 0) is 30.0 Å². The highest BCUT2D eigenvalue weighted by Crippen LogP contribution is 2.19. The Hall–Kier alpha value is -1.84. The maximum Gasteiger partial charge on any atom is 0.323 e. The fraction of sp³-hybridized carbons (Fsp3) is 0.278. The van der Waals surface area contributed by atoms with Crippen LogP contribution in [0.4, 0.5) is 0 Å². The van der Waals surface area contributed by atoms with Gasteiger partial charge in [-0.25, -0.2) is 0 Å². The molecule has 116 valence electrons. The van der Waals surface area contributed by atoms with Crippen molar-refractivity contribution in [3.05, 3.63) is 70.8 Å². The number of carbonyl (C=O) groups is 1. The third-order valence-corrected chi connectivity index (χ3v) is 3.83. The fourth-order valence-electron chi connectivity index (χ4n) is 2.64. The third kappa shape index (κ3) is 3.87. The minimum atomic E-state index is -0.247. The first-order chi connectivity index (χ1) is 10.2. The molecule has 2 aromatic rings. The van der Waals surface area contributed by atoms with Crippen LogP contribution in [-0.2, 0) is 29.1 Å². The second-order valence-corrected chi connectivity index (χ2v) is 5.50. The van der Waals surface area contributed by atoms with Crippen molar-refractivity contribution in [3.8, 4) is 0 Å². The third-order valence-electron chi connectivity index (χ3n) is 3.83. The van der Waals surface area contributed by atoms with E-state index in [-0.39, 0.29) is 24.4 Å².